The molecule has 2 rings (SSSR count). The first-order valence-electron chi connectivity index (χ1n) is 6.87. The summed E-state index contributed by atoms with van der Waals surface area (Å²) < 4.78 is 5.55. The molecule has 2 atom stereocenters. The summed E-state index contributed by atoms with van der Waals surface area (Å²) in [6, 6.07) is 0. The average molecular weight is 240 g/mol. The Morgan fingerprint density at radius 3 is 3.06 bits per heavy atom. The van der Waals surface area contributed by atoms with Crippen LogP contribution in [-0.2, 0) is 9.53 Å². The molecule has 98 valence electrons. The Hall–Kier alpha value is -0.610. The van der Waals surface area contributed by atoms with Crippen molar-refractivity contribution in [2.75, 3.05) is 26.2 Å². The summed E-state index contributed by atoms with van der Waals surface area (Å²) in [5.41, 5.74) is -0.156. The summed E-state index contributed by atoms with van der Waals surface area (Å²) in [5, 5.41) is 6.38. The molecule has 0 aliphatic carbocycles. The van der Waals surface area contributed by atoms with Crippen LogP contribution in [0.4, 0.5) is 0 Å². The fourth-order valence-corrected chi connectivity index (χ4v) is 2.81. The molecule has 0 aromatic heterocycles. The van der Waals surface area contributed by atoms with Crippen LogP contribution in [0.15, 0.2) is 0 Å². The van der Waals surface area contributed by atoms with Crippen LogP contribution in [0.2, 0.25) is 0 Å². The maximum atomic E-state index is 12.2. The van der Waals surface area contributed by atoms with E-state index in [1.165, 1.54) is 6.42 Å². The van der Waals surface area contributed by atoms with Gasteiger partial charge in [0.15, 0.2) is 0 Å². The summed E-state index contributed by atoms with van der Waals surface area (Å²) in [5.74, 6) is 0.225. The molecule has 2 fully saturated rings. The van der Waals surface area contributed by atoms with Crippen LogP contribution in [0.1, 0.15) is 39.0 Å². The Morgan fingerprint density at radius 1 is 1.59 bits per heavy atom. The molecule has 2 heterocycles. The molecule has 1 amide bonds. The van der Waals surface area contributed by atoms with Crippen molar-refractivity contribution in [2.45, 2.75) is 45.1 Å². The quantitative estimate of drug-likeness (QED) is 0.755. The van der Waals surface area contributed by atoms with Crippen LogP contribution in [0.3, 0.4) is 0 Å². The van der Waals surface area contributed by atoms with Crippen molar-refractivity contribution in [3.63, 3.8) is 0 Å². The largest absolute Gasteiger partial charge is 0.378 e. The van der Waals surface area contributed by atoms with Gasteiger partial charge in [-0.1, -0.05) is 6.92 Å². The summed E-state index contributed by atoms with van der Waals surface area (Å²) in [6.07, 6.45) is 5.53. The maximum Gasteiger partial charge on any atom is 0.227 e. The third-order valence-electron chi connectivity index (χ3n) is 4.18. The second kappa shape index (κ2) is 5.83. The molecule has 0 saturated carbocycles. The third kappa shape index (κ3) is 2.99. The van der Waals surface area contributed by atoms with Crippen LogP contribution in [0.25, 0.3) is 0 Å². The molecular formula is C13H24N2O2. The first kappa shape index (κ1) is 12.8. The molecule has 4 nitrogen and oxygen atoms in total. The summed E-state index contributed by atoms with van der Waals surface area (Å²) in [6.45, 7) is 5.54. The van der Waals surface area contributed by atoms with Crippen LogP contribution >= 0.6 is 0 Å². The molecule has 2 aliphatic heterocycles. The van der Waals surface area contributed by atoms with Gasteiger partial charge in [-0.25, -0.2) is 0 Å². The fraction of sp³-hybridized carbons (Fsp3) is 0.923. The van der Waals surface area contributed by atoms with Crippen LogP contribution in [-0.4, -0.2) is 38.3 Å². The molecule has 4 heteroatoms. The Morgan fingerprint density at radius 2 is 2.47 bits per heavy atom. The number of nitrogens with one attached hydrogen (secondary N) is 2. The molecule has 0 aromatic carbocycles. The van der Waals surface area contributed by atoms with E-state index in [-0.39, 0.29) is 11.3 Å². The summed E-state index contributed by atoms with van der Waals surface area (Å²) in [7, 11) is 0. The minimum Gasteiger partial charge on any atom is -0.378 e. The summed E-state index contributed by atoms with van der Waals surface area (Å²) >= 11 is 0. The zero-order chi connectivity index (χ0) is 12.1. The molecule has 0 bridgehead atoms. The maximum absolute atomic E-state index is 12.2. The van der Waals surface area contributed by atoms with Gasteiger partial charge in [-0.05, 0) is 38.6 Å². The molecule has 2 unspecified atom stereocenters. The lowest BCUT2D eigenvalue weighted by Crippen LogP contribution is -2.43. The van der Waals surface area contributed by atoms with Crippen molar-refractivity contribution in [1.82, 2.24) is 10.6 Å². The van der Waals surface area contributed by atoms with E-state index in [0.717, 1.165) is 51.9 Å². The van der Waals surface area contributed by atoms with Crippen molar-refractivity contribution in [3.8, 4) is 0 Å². The Balaban J connectivity index is 1.72. The van der Waals surface area contributed by atoms with Gasteiger partial charge in [0.25, 0.3) is 0 Å². The highest BCUT2D eigenvalue weighted by Crippen LogP contribution is 2.29. The number of carbonyl (C=O) groups is 1. The van der Waals surface area contributed by atoms with E-state index in [9.17, 15) is 4.79 Å². The van der Waals surface area contributed by atoms with Crippen LogP contribution < -0.4 is 10.6 Å². The monoisotopic (exact) mass is 240 g/mol. The molecule has 17 heavy (non-hydrogen) atoms. The molecule has 2 saturated heterocycles. The molecule has 0 radical (unpaired) electrons. The Labute approximate surface area is 103 Å². The number of amides is 1. The van der Waals surface area contributed by atoms with Crippen LogP contribution in [0.5, 0.6) is 0 Å². The zero-order valence-electron chi connectivity index (χ0n) is 10.8. The molecule has 2 aliphatic rings. The lowest BCUT2D eigenvalue weighted by Gasteiger charge is -2.25. The van der Waals surface area contributed by atoms with Crippen molar-refractivity contribution >= 4 is 5.91 Å². The minimum atomic E-state index is -0.156. The minimum absolute atomic E-state index is 0.156. The van der Waals surface area contributed by atoms with E-state index < -0.39 is 0 Å². The van der Waals surface area contributed by atoms with Gasteiger partial charge in [0.05, 0.1) is 11.5 Å². The van der Waals surface area contributed by atoms with Gasteiger partial charge in [0.2, 0.25) is 5.91 Å². The van der Waals surface area contributed by atoms with Crippen molar-refractivity contribution in [3.05, 3.63) is 0 Å². The number of rotatable bonds is 5. The SMILES string of the molecule is CCC1(C(=O)NCCC2CCCO2)CCNC1. The number of carbonyl (C=O) groups excluding carboxylic acids is 1. The Bertz CT molecular complexity index is 256. The highest BCUT2D eigenvalue weighted by molar-refractivity contribution is 5.83. The van der Waals surface area contributed by atoms with E-state index in [0.29, 0.717) is 6.10 Å². The second-order valence-electron chi connectivity index (χ2n) is 5.24. The van der Waals surface area contributed by atoms with E-state index in [1.54, 1.807) is 0 Å². The number of hydrogen-bond acceptors (Lipinski definition) is 3. The van der Waals surface area contributed by atoms with Crippen molar-refractivity contribution in [1.29, 1.82) is 0 Å². The van der Waals surface area contributed by atoms with Gasteiger partial charge in [-0.2, -0.15) is 0 Å². The van der Waals surface area contributed by atoms with E-state index >= 15 is 0 Å². The second-order valence-corrected chi connectivity index (χ2v) is 5.24. The van der Waals surface area contributed by atoms with Crippen molar-refractivity contribution in [2.24, 2.45) is 5.41 Å². The molecular weight excluding hydrogens is 216 g/mol. The van der Waals surface area contributed by atoms with Gasteiger partial charge in [0.1, 0.15) is 0 Å². The topological polar surface area (TPSA) is 50.4 Å². The highest BCUT2D eigenvalue weighted by atomic mass is 16.5. The number of ether oxygens (including phenoxy) is 1. The molecule has 2 N–H and O–H groups in total. The van der Waals surface area contributed by atoms with Gasteiger partial charge < -0.3 is 15.4 Å². The van der Waals surface area contributed by atoms with Crippen LogP contribution in [0, 0.1) is 5.41 Å². The average Bonchev–Trinajstić information content (AvgIpc) is 3.00. The first-order valence-corrected chi connectivity index (χ1v) is 6.87. The number of hydrogen-bond donors (Lipinski definition) is 2. The van der Waals surface area contributed by atoms with Crippen molar-refractivity contribution < 1.29 is 9.53 Å². The fourth-order valence-electron chi connectivity index (χ4n) is 2.81. The summed E-state index contributed by atoms with van der Waals surface area (Å²) in [4.78, 5) is 12.2. The Kier molecular flexibility index (Phi) is 4.40. The van der Waals surface area contributed by atoms with E-state index in [1.807, 2.05) is 0 Å². The standard InChI is InChI=1S/C13H24N2O2/c1-2-13(6-8-14-10-13)12(16)15-7-5-11-4-3-9-17-11/h11,14H,2-10H2,1H3,(H,15,16). The van der Waals surface area contributed by atoms with Gasteiger partial charge >= 0.3 is 0 Å². The van der Waals surface area contributed by atoms with E-state index in [2.05, 4.69) is 17.6 Å². The predicted molar refractivity (Wildman–Crippen MR) is 66.8 cm³/mol. The first-order chi connectivity index (χ1) is 8.27. The highest BCUT2D eigenvalue weighted by Gasteiger charge is 2.39. The molecule has 0 spiro atoms. The molecule has 0 aromatic rings. The lowest BCUT2D eigenvalue weighted by atomic mass is 9.83. The third-order valence-corrected chi connectivity index (χ3v) is 4.18. The van der Waals surface area contributed by atoms with Gasteiger partial charge in [0, 0.05) is 19.7 Å². The van der Waals surface area contributed by atoms with Gasteiger partial charge in [-0.3, -0.25) is 4.79 Å². The zero-order valence-corrected chi connectivity index (χ0v) is 10.8. The smallest absolute Gasteiger partial charge is 0.227 e. The lowest BCUT2D eigenvalue weighted by molar-refractivity contribution is -0.130. The van der Waals surface area contributed by atoms with E-state index in [4.69, 9.17) is 4.74 Å². The normalized spacial score (nSPS) is 32.9. The van der Waals surface area contributed by atoms with Gasteiger partial charge in [-0.15, -0.1) is 0 Å². The predicted octanol–water partition coefficient (Wildman–Crippen LogP) is 1.06.